The van der Waals surface area contributed by atoms with Crippen molar-refractivity contribution in [2.75, 3.05) is 7.11 Å². The molecule has 2 N–H and O–H groups in total. The largest absolute Gasteiger partial charge is 0.479 e. The number of nitrogens with one attached hydrogen (secondary N) is 1. The van der Waals surface area contributed by atoms with Gasteiger partial charge < -0.3 is 15.2 Å². The zero-order chi connectivity index (χ0) is 13.8. The van der Waals surface area contributed by atoms with Gasteiger partial charge in [0.2, 0.25) is 0 Å². The Morgan fingerprint density at radius 3 is 2.67 bits per heavy atom. The lowest BCUT2D eigenvalue weighted by Crippen LogP contribution is -2.45. The van der Waals surface area contributed by atoms with E-state index in [4.69, 9.17) is 0 Å². The average Bonchev–Trinajstić information content (AvgIpc) is 2.81. The smallest absolute Gasteiger partial charge is 0.334 e. The number of carboxylic acids is 1. The molecule has 5 nitrogen and oxygen atoms in total. The van der Waals surface area contributed by atoms with Gasteiger partial charge in [-0.25, -0.2) is 9.59 Å². The molecule has 0 aromatic carbocycles. The number of carbonyl (C=O) groups is 2. The van der Waals surface area contributed by atoms with Crippen LogP contribution in [0.3, 0.4) is 0 Å². The number of allylic oxidation sites excluding steroid dienone is 1. The second-order valence-electron chi connectivity index (χ2n) is 3.88. The van der Waals surface area contributed by atoms with Crippen molar-refractivity contribution in [3.63, 3.8) is 0 Å². The van der Waals surface area contributed by atoms with Crippen LogP contribution in [-0.4, -0.2) is 24.2 Å². The fraction of sp³-hybridized carbons (Fsp3) is 0.333. The molecule has 1 atom stereocenters. The van der Waals surface area contributed by atoms with Gasteiger partial charge in [-0.3, -0.25) is 0 Å². The van der Waals surface area contributed by atoms with Crippen molar-refractivity contribution in [1.29, 1.82) is 0 Å². The Labute approximate surface area is 109 Å². The molecule has 0 aliphatic carbocycles. The Kier molecular flexibility index (Phi) is 4.49. The number of hydrogen-bond acceptors (Lipinski definition) is 5. The Morgan fingerprint density at radius 2 is 2.22 bits per heavy atom. The van der Waals surface area contributed by atoms with Crippen molar-refractivity contribution >= 4 is 23.3 Å². The minimum Gasteiger partial charge on any atom is -0.479 e. The van der Waals surface area contributed by atoms with Gasteiger partial charge in [0.05, 0.1) is 7.11 Å². The van der Waals surface area contributed by atoms with Crippen LogP contribution in [0.4, 0.5) is 0 Å². The first-order valence-electron chi connectivity index (χ1n) is 5.22. The van der Waals surface area contributed by atoms with E-state index in [-0.39, 0.29) is 0 Å². The van der Waals surface area contributed by atoms with Crippen LogP contribution >= 0.6 is 11.3 Å². The van der Waals surface area contributed by atoms with Gasteiger partial charge in [-0.1, -0.05) is 6.07 Å². The van der Waals surface area contributed by atoms with E-state index in [1.54, 1.807) is 31.4 Å². The zero-order valence-corrected chi connectivity index (χ0v) is 11.2. The third kappa shape index (κ3) is 3.10. The van der Waals surface area contributed by atoms with E-state index >= 15 is 0 Å². The van der Waals surface area contributed by atoms with Gasteiger partial charge >= 0.3 is 11.9 Å². The summed E-state index contributed by atoms with van der Waals surface area (Å²) in [4.78, 5) is 23.2. The van der Waals surface area contributed by atoms with E-state index in [0.29, 0.717) is 10.6 Å². The lowest BCUT2D eigenvalue weighted by atomic mass is 10.00. The Hall–Kier alpha value is -1.82. The molecule has 0 radical (unpaired) electrons. The minimum atomic E-state index is -1.26. The highest BCUT2D eigenvalue weighted by Crippen LogP contribution is 2.26. The number of esters is 1. The first-order valence-corrected chi connectivity index (χ1v) is 6.10. The predicted molar refractivity (Wildman–Crippen MR) is 68.2 cm³/mol. The van der Waals surface area contributed by atoms with Crippen LogP contribution in [-0.2, 0) is 19.9 Å². The molecule has 0 saturated carbocycles. The first-order chi connectivity index (χ1) is 8.40. The minimum absolute atomic E-state index is 0.431. The summed E-state index contributed by atoms with van der Waals surface area (Å²) in [6, 6.07) is 3.51. The van der Waals surface area contributed by atoms with E-state index in [2.05, 4.69) is 10.1 Å². The zero-order valence-electron chi connectivity index (χ0n) is 10.4. The van der Waals surface area contributed by atoms with Gasteiger partial charge in [-0.05, 0) is 25.3 Å². The van der Waals surface area contributed by atoms with Crippen molar-refractivity contribution in [3.8, 4) is 0 Å². The van der Waals surface area contributed by atoms with Crippen molar-refractivity contribution in [3.05, 3.63) is 34.2 Å². The number of hydrogen-bond donors (Lipinski definition) is 2. The monoisotopic (exact) mass is 269 g/mol. The van der Waals surface area contributed by atoms with E-state index in [0.717, 1.165) is 0 Å². The number of aliphatic carboxylic acids is 1. The molecule has 0 aliphatic heterocycles. The number of ether oxygens (including phenoxy) is 1. The lowest BCUT2D eigenvalue weighted by Gasteiger charge is -2.26. The number of carbonyl (C=O) groups excluding carboxylic acids is 1. The summed E-state index contributed by atoms with van der Waals surface area (Å²) in [7, 11) is 1.27. The lowest BCUT2D eigenvalue weighted by molar-refractivity contribution is -0.144. The van der Waals surface area contributed by atoms with Gasteiger partial charge in [-0.2, -0.15) is 0 Å². The number of carboxylic acid groups (broad SMARTS) is 1. The quantitative estimate of drug-likeness (QED) is 0.628. The molecule has 0 spiro atoms. The maximum absolute atomic E-state index is 11.4. The summed E-state index contributed by atoms with van der Waals surface area (Å²) in [5, 5.41) is 14.0. The van der Waals surface area contributed by atoms with Gasteiger partial charge in [0.15, 0.2) is 5.54 Å². The molecular weight excluding hydrogens is 254 g/mol. The van der Waals surface area contributed by atoms with E-state index in [1.165, 1.54) is 24.5 Å². The maximum atomic E-state index is 11.4. The summed E-state index contributed by atoms with van der Waals surface area (Å²) >= 11 is 1.34. The molecule has 1 aromatic heterocycles. The highest BCUT2D eigenvalue weighted by molar-refractivity contribution is 7.10. The standard InChI is InChI=1S/C12H15NO4S/c1-8(7-10(14)17-3)13-12(2,11(15)16)9-5-4-6-18-9/h4-7,13H,1-3H3,(H,15,16). The van der Waals surface area contributed by atoms with Crippen molar-refractivity contribution < 1.29 is 19.4 Å². The van der Waals surface area contributed by atoms with Crippen LogP contribution in [0.25, 0.3) is 0 Å². The third-order valence-corrected chi connectivity index (χ3v) is 3.52. The van der Waals surface area contributed by atoms with Gasteiger partial charge in [0.1, 0.15) is 0 Å². The van der Waals surface area contributed by atoms with Crippen LogP contribution < -0.4 is 5.32 Å². The molecule has 1 aromatic rings. The number of rotatable bonds is 5. The third-order valence-electron chi connectivity index (χ3n) is 2.42. The SMILES string of the molecule is COC(=O)C=C(C)NC(C)(C(=O)O)c1cccs1. The second kappa shape index (κ2) is 5.68. The van der Waals surface area contributed by atoms with Gasteiger partial charge in [-0.15, -0.1) is 11.3 Å². The Bertz CT molecular complexity index is 466. The second-order valence-corrected chi connectivity index (χ2v) is 4.83. The van der Waals surface area contributed by atoms with Crippen LogP contribution in [0, 0.1) is 0 Å². The molecule has 0 aliphatic rings. The van der Waals surface area contributed by atoms with E-state index in [9.17, 15) is 14.7 Å². The van der Waals surface area contributed by atoms with Crippen LogP contribution in [0.5, 0.6) is 0 Å². The van der Waals surface area contributed by atoms with Gasteiger partial charge in [0, 0.05) is 16.7 Å². The topological polar surface area (TPSA) is 75.6 Å². The summed E-state index contributed by atoms with van der Waals surface area (Å²) < 4.78 is 4.49. The molecule has 1 rings (SSSR count). The molecule has 1 unspecified atom stereocenters. The van der Waals surface area contributed by atoms with Gasteiger partial charge in [0.25, 0.3) is 0 Å². The summed E-state index contributed by atoms with van der Waals surface area (Å²) in [6.45, 7) is 3.17. The molecule has 0 fully saturated rings. The molecule has 98 valence electrons. The van der Waals surface area contributed by atoms with Crippen LogP contribution in [0.1, 0.15) is 18.7 Å². The summed E-state index contributed by atoms with van der Waals surface area (Å²) in [5.74, 6) is -1.54. The summed E-state index contributed by atoms with van der Waals surface area (Å²) in [6.07, 6.45) is 1.22. The molecular formula is C12H15NO4S. The molecule has 18 heavy (non-hydrogen) atoms. The molecule has 0 saturated heterocycles. The van der Waals surface area contributed by atoms with Crippen molar-refractivity contribution in [2.45, 2.75) is 19.4 Å². The molecule has 1 heterocycles. The van der Waals surface area contributed by atoms with Crippen molar-refractivity contribution in [2.24, 2.45) is 0 Å². The first kappa shape index (κ1) is 14.2. The highest BCUT2D eigenvalue weighted by atomic mass is 32.1. The van der Waals surface area contributed by atoms with Crippen molar-refractivity contribution in [1.82, 2.24) is 5.32 Å². The highest BCUT2D eigenvalue weighted by Gasteiger charge is 2.36. The average molecular weight is 269 g/mol. The predicted octanol–water partition coefficient (Wildman–Crippen LogP) is 1.71. The number of thiophene rings is 1. The van der Waals surface area contributed by atoms with E-state index in [1.807, 2.05) is 0 Å². The molecule has 0 bridgehead atoms. The fourth-order valence-corrected chi connectivity index (χ4v) is 2.28. The Morgan fingerprint density at radius 1 is 1.56 bits per heavy atom. The maximum Gasteiger partial charge on any atom is 0.334 e. The number of methoxy groups -OCH3 is 1. The Balaban J connectivity index is 2.99. The van der Waals surface area contributed by atoms with E-state index < -0.39 is 17.5 Å². The molecule has 0 amide bonds. The van der Waals surface area contributed by atoms with Crippen LogP contribution in [0.2, 0.25) is 0 Å². The van der Waals surface area contributed by atoms with Crippen LogP contribution in [0.15, 0.2) is 29.3 Å². The summed E-state index contributed by atoms with van der Waals surface area (Å²) in [5.41, 5.74) is -0.830. The fourth-order valence-electron chi connectivity index (χ4n) is 1.45. The molecule has 6 heteroatoms. The normalized spacial score (nSPS) is 14.7.